The number of alkyl carbamates (subject to hydrolysis) is 1. The molecule has 47 heavy (non-hydrogen) atoms. The van der Waals surface area contributed by atoms with Crippen molar-refractivity contribution in [3.63, 3.8) is 0 Å². The minimum Gasteiger partial charge on any atom is -0.480 e. The van der Waals surface area contributed by atoms with Crippen LogP contribution in [-0.2, 0) is 30.3 Å². The van der Waals surface area contributed by atoms with E-state index in [4.69, 9.17) is 19.6 Å². The van der Waals surface area contributed by atoms with Crippen LogP contribution in [-0.4, -0.2) is 101 Å². The number of amides is 1. The lowest BCUT2D eigenvalue weighted by Gasteiger charge is -2.34. The van der Waals surface area contributed by atoms with Crippen LogP contribution in [0.5, 0.6) is 0 Å². The lowest BCUT2D eigenvalue weighted by molar-refractivity contribution is -0.192. The fourth-order valence-corrected chi connectivity index (χ4v) is 4.96. The Morgan fingerprint density at radius 2 is 1.79 bits per heavy atom. The van der Waals surface area contributed by atoms with Crippen molar-refractivity contribution in [3.8, 4) is 0 Å². The molecule has 2 aliphatic rings. The predicted octanol–water partition coefficient (Wildman–Crippen LogP) is 3.02. The Balaban J connectivity index is 0.000000771. The summed E-state index contributed by atoms with van der Waals surface area (Å²) in [6.07, 6.45) is -2.05. The van der Waals surface area contributed by atoms with Gasteiger partial charge in [0.05, 0.1) is 13.5 Å². The van der Waals surface area contributed by atoms with Crippen LogP contribution in [0.4, 0.5) is 35.4 Å². The first kappa shape index (κ1) is 36.6. The number of hydrogen-bond donors (Lipinski definition) is 5. The lowest BCUT2D eigenvalue weighted by atomic mass is 9.92. The average molecular weight is 670 g/mol. The molecule has 1 atom stereocenters. The molecule has 2 aromatic rings. The van der Waals surface area contributed by atoms with E-state index in [1.54, 1.807) is 6.92 Å². The number of anilines is 3. The number of carbonyl (C=O) groups is 4. The second kappa shape index (κ2) is 16.6. The van der Waals surface area contributed by atoms with Crippen molar-refractivity contribution in [2.45, 2.75) is 64.1 Å². The summed E-state index contributed by atoms with van der Waals surface area (Å²) < 4.78 is 41.1. The Morgan fingerprint density at radius 1 is 1.11 bits per heavy atom. The van der Waals surface area contributed by atoms with E-state index in [1.165, 1.54) is 12.7 Å². The number of alkyl halides is 3. The number of carboxylic acid groups (broad SMARTS) is 2. The summed E-state index contributed by atoms with van der Waals surface area (Å²) >= 11 is 0. The van der Waals surface area contributed by atoms with Gasteiger partial charge in [0.15, 0.2) is 0 Å². The average Bonchev–Trinajstić information content (AvgIpc) is 3.03. The maximum Gasteiger partial charge on any atom is 0.490 e. The number of halogens is 3. The summed E-state index contributed by atoms with van der Waals surface area (Å²) in [5.74, 6) is -1.29. The van der Waals surface area contributed by atoms with Crippen LogP contribution < -0.4 is 20.9 Å². The molecule has 4 rings (SSSR count). The Bertz CT molecular complexity index is 1440. The van der Waals surface area contributed by atoms with Gasteiger partial charge < -0.3 is 40.5 Å². The molecule has 0 spiro atoms. The van der Waals surface area contributed by atoms with Crippen molar-refractivity contribution in [2.24, 2.45) is 0 Å². The molecule has 2 aromatic heterocycles. The molecule has 4 heterocycles. The van der Waals surface area contributed by atoms with Gasteiger partial charge >= 0.3 is 30.2 Å². The van der Waals surface area contributed by atoms with Crippen molar-refractivity contribution in [1.29, 1.82) is 0 Å². The maximum absolute atomic E-state index is 12.0. The maximum atomic E-state index is 12.0. The molecular weight excluding hydrogens is 631 g/mol. The number of hydrogen-bond acceptors (Lipinski definition) is 12. The largest absolute Gasteiger partial charge is 0.490 e. The first-order chi connectivity index (χ1) is 22.2. The molecule has 2 aliphatic heterocycles. The summed E-state index contributed by atoms with van der Waals surface area (Å²) in [5.41, 5.74) is 3.21. The number of methoxy groups -OCH3 is 1. The highest BCUT2D eigenvalue weighted by molar-refractivity contribution is 5.80. The van der Waals surface area contributed by atoms with Crippen LogP contribution in [0.3, 0.4) is 0 Å². The van der Waals surface area contributed by atoms with Gasteiger partial charge in [0.2, 0.25) is 0 Å². The molecule has 258 valence electrons. The Kier molecular flexibility index (Phi) is 12.9. The van der Waals surface area contributed by atoms with E-state index in [1.807, 2.05) is 6.92 Å². The van der Waals surface area contributed by atoms with E-state index in [0.29, 0.717) is 17.6 Å². The Labute approximate surface area is 268 Å². The molecule has 18 heteroatoms. The van der Waals surface area contributed by atoms with Crippen molar-refractivity contribution in [1.82, 2.24) is 20.3 Å². The fraction of sp³-hybridized carbons (Fsp3) is 0.552. The summed E-state index contributed by atoms with van der Waals surface area (Å²) in [7, 11) is 1.23. The second-order valence-corrected chi connectivity index (χ2v) is 10.8. The zero-order chi connectivity index (χ0) is 34.7. The SMILES string of the molecule is COC(=O)CCOC(=O)NC(CNc1nc(C)nc(N2CCC(c3ccc4c(n3)NCCC4)CC2)c1C)C(=O)O.O=C(O)C(F)(F)F. The number of rotatable bonds is 10. The number of aryl methyl sites for hydroxylation is 2. The third-order valence-corrected chi connectivity index (χ3v) is 7.43. The minimum atomic E-state index is -5.08. The summed E-state index contributed by atoms with van der Waals surface area (Å²) in [6.45, 7) is 5.92. The number of aliphatic carboxylic acids is 2. The summed E-state index contributed by atoms with van der Waals surface area (Å²) in [4.78, 5) is 60.1. The van der Waals surface area contributed by atoms with Crippen LogP contribution in [0.1, 0.15) is 54.2 Å². The van der Waals surface area contributed by atoms with Gasteiger partial charge in [-0.05, 0) is 51.2 Å². The number of esters is 1. The van der Waals surface area contributed by atoms with Crippen LogP contribution >= 0.6 is 0 Å². The molecule has 0 saturated carbocycles. The van der Waals surface area contributed by atoms with Gasteiger partial charge in [0.25, 0.3) is 0 Å². The highest BCUT2D eigenvalue weighted by Crippen LogP contribution is 2.33. The van der Waals surface area contributed by atoms with E-state index in [0.717, 1.165) is 68.2 Å². The smallest absolute Gasteiger partial charge is 0.480 e. The number of carbonyl (C=O) groups excluding carboxylic acids is 2. The first-order valence-electron chi connectivity index (χ1n) is 14.8. The van der Waals surface area contributed by atoms with Crippen LogP contribution in [0.15, 0.2) is 12.1 Å². The molecule has 0 bridgehead atoms. The molecule has 15 nitrogen and oxygen atoms in total. The predicted molar refractivity (Wildman–Crippen MR) is 161 cm³/mol. The van der Waals surface area contributed by atoms with Crippen LogP contribution in [0, 0.1) is 13.8 Å². The van der Waals surface area contributed by atoms with Gasteiger partial charge in [-0.1, -0.05) is 6.07 Å². The monoisotopic (exact) mass is 669 g/mol. The highest BCUT2D eigenvalue weighted by Gasteiger charge is 2.38. The van der Waals surface area contributed by atoms with E-state index in [-0.39, 0.29) is 19.6 Å². The zero-order valence-corrected chi connectivity index (χ0v) is 26.1. The molecule has 0 aliphatic carbocycles. The fourth-order valence-electron chi connectivity index (χ4n) is 4.96. The van der Waals surface area contributed by atoms with Crippen LogP contribution in [0.25, 0.3) is 0 Å². The van der Waals surface area contributed by atoms with E-state index >= 15 is 0 Å². The van der Waals surface area contributed by atoms with Gasteiger partial charge in [0, 0.05) is 43.4 Å². The topological polar surface area (TPSA) is 205 Å². The highest BCUT2D eigenvalue weighted by atomic mass is 19.4. The number of carboxylic acids is 2. The summed E-state index contributed by atoms with van der Waals surface area (Å²) in [5, 5.41) is 25.5. The quantitative estimate of drug-likeness (QED) is 0.231. The lowest BCUT2D eigenvalue weighted by Crippen LogP contribution is -2.45. The number of nitrogens with zero attached hydrogens (tertiary/aromatic N) is 4. The molecule has 0 aromatic carbocycles. The Morgan fingerprint density at radius 3 is 2.40 bits per heavy atom. The second-order valence-electron chi connectivity index (χ2n) is 10.8. The van der Waals surface area contributed by atoms with Gasteiger partial charge in [-0.2, -0.15) is 13.2 Å². The molecular formula is C29H38F3N7O8. The van der Waals surface area contributed by atoms with Gasteiger partial charge in [0.1, 0.15) is 35.9 Å². The number of piperidine rings is 1. The number of fused-ring (bicyclic) bond motifs is 1. The molecule has 1 fully saturated rings. The number of ether oxygens (including phenoxy) is 2. The normalized spacial score (nSPS) is 15.1. The standard InChI is InChI=1S/C27H37N7O6.C2HF3O2/c1-16-23(29-15-21(26(36)37)33-27(38)40-14-10-22(35)39-3)30-17(2)31-25(16)34-12-8-18(9-13-34)20-7-6-19-5-4-11-28-24(19)32-20;3-2(4,5)1(6)7/h6-7,18,21H,4-5,8-15H2,1-3H3,(H,28,32)(H,33,38)(H,36,37)(H,29,30,31);(H,6,7). The first-order valence-corrected chi connectivity index (χ1v) is 14.8. The molecule has 1 saturated heterocycles. The molecule has 0 radical (unpaired) electrons. The van der Waals surface area contributed by atoms with Crippen LogP contribution in [0.2, 0.25) is 0 Å². The van der Waals surface area contributed by atoms with E-state index in [9.17, 15) is 32.7 Å². The van der Waals surface area contributed by atoms with Crippen molar-refractivity contribution < 1.29 is 52.0 Å². The van der Waals surface area contributed by atoms with Crippen molar-refractivity contribution in [2.75, 3.05) is 55.4 Å². The van der Waals surface area contributed by atoms with Crippen molar-refractivity contribution in [3.05, 3.63) is 34.8 Å². The van der Waals surface area contributed by atoms with Gasteiger partial charge in [-0.15, -0.1) is 0 Å². The summed E-state index contributed by atoms with van der Waals surface area (Å²) in [6, 6.07) is 3.09. The minimum absolute atomic E-state index is 0.125. The van der Waals surface area contributed by atoms with E-state index < -0.39 is 36.2 Å². The third-order valence-electron chi connectivity index (χ3n) is 7.43. The zero-order valence-electron chi connectivity index (χ0n) is 26.1. The number of nitrogens with one attached hydrogen (secondary N) is 3. The third kappa shape index (κ3) is 10.8. The molecule has 1 unspecified atom stereocenters. The number of pyridine rings is 1. The number of aromatic nitrogens is 3. The van der Waals surface area contributed by atoms with E-state index in [2.05, 4.69) is 47.7 Å². The molecule has 1 amide bonds. The van der Waals surface area contributed by atoms with Gasteiger partial charge in [-0.25, -0.2) is 29.3 Å². The van der Waals surface area contributed by atoms with Gasteiger partial charge in [-0.3, -0.25) is 4.79 Å². The molecule has 5 N–H and O–H groups in total. The van der Waals surface area contributed by atoms with Crippen molar-refractivity contribution >= 4 is 41.5 Å². The Hall–Kier alpha value is -4.90.